The minimum absolute atomic E-state index is 0. The number of hydrogen-bond donors (Lipinski definition) is 0. The molecule has 5 nitrogen and oxygen atoms in total. The molecule has 3 aromatic heterocycles. The Morgan fingerprint density at radius 2 is 1.42 bits per heavy atom. The summed E-state index contributed by atoms with van der Waals surface area (Å²) in [6, 6.07) is 50.9. The van der Waals surface area contributed by atoms with E-state index in [-0.39, 0.29) is 20.1 Å². The molecule has 0 saturated heterocycles. The Hall–Kier alpha value is -6.12. The summed E-state index contributed by atoms with van der Waals surface area (Å²) in [7, 11) is 0. The minimum atomic E-state index is 0. The van der Waals surface area contributed by atoms with Crippen molar-refractivity contribution in [3.8, 4) is 45.0 Å². The summed E-state index contributed by atoms with van der Waals surface area (Å²) < 4.78 is 12.9. The summed E-state index contributed by atoms with van der Waals surface area (Å²) in [4.78, 5) is 12.9. The molecule has 271 valence electrons. The zero-order chi connectivity index (χ0) is 37.2. The molecule has 0 spiro atoms. The van der Waals surface area contributed by atoms with E-state index < -0.39 is 0 Å². The van der Waals surface area contributed by atoms with Gasteiger partial charge in [0.05, 0.1) is 17.7 Å². The van der Waals surface area contributed by atoms with Crippen molar-refractivity contribution >= 4 is 38.7 Å². The van der Waals surface area contributed by atoms with Gasteiger partial charge in [-0.15, -0.1) is 54.1 Å². The van der Waals surface area contributed by atoms with Crippen molar-refractivity contribution in [2.75, 3.05) is 0 Å². The molecule has 9 aromatic rings. The van der Waals surface area contributed by atoms with Crippen LogP contribution in [0, 0.1) is 18.7 Å². The number of hydrogen-bond acceptors (Lipinski definition) is 4. The van der Waals surface area contributed by atoms with Gasteiger partial charge in [-0.3, -0.25) is 4.98 Å². The van der Waals surface area contributed by atoms with Crippen LogP contribution in [0.25, 0.3) is 82.8 Å². The summed E-state index contributed by atoms with van der Waals surface area (Å²) in [6.45, 7) is 16.6. The molecule has 55 heavy (non-hydrogen) atoms. The van der Waals surface area contributed by atoms with Gasteiger partial charge < -0.3 is 13.8 Å². The third-order valence-corrected chi connectivity index (χ3v) is 9.65. The molecule has 0 bridgehead atoms. The second kappa shape index (κ2) is 16.1. The molecule has 3 heterocycles. The molecule has 1 radical (unpaired) electrons. The monoisotopic (exact) mass is 892 g/mol. The van der Waals surface area contributed by atoms with Gasteiger partial charge in [-0.05, 0) is 69.1 Å². The maximum atomic E-state index is 7.64. The van der Waals surface area contributed by atoms with Gasteiger partial charge in [0.15, 0.2) is 5.69 Å². The van der Waals surface area contributed by atoms with Gasteiger partial charge >= 0.3 is 0 Å². The zero-order valence-corrected chi connectivity index (χ0v) is 33.3. The normalized spacial score (nSPS) is 11.1. The average Bonchev–Trinajstić information content (AvgIpc) is 3.84. The Kier molecular flexibility index (Phi) is 10.9. The van der Waals surface area contributed by atoms with Gasteiger partial charge in [0, 0.05) is 37.3 Å². The summed E-state index contributed by atoms with van der Waals surface area (Å²) in [5.74, 6) is 1.05. The van der Waals surface area contributed by atoms with Crippen molar-refractivity contribution < 1.29 is 28.9 Å². The number of para-hydroxylation sites is 1. The Bertz CT molecular complexity index is 2710. The maximum absolute atomic E-state index is 7.64. The van der Waals surface area contributed by atoms with Crippen LogP contribution in [0.5, 0.6) is 0 Å². The number of aromatic nitrogens is 2. The van der Waals surface area contributed by atoms with Crippen molar-refractivity contribution in [2.24, 2.45) is 0 Å². The average molecular weight is 892 g/mol. The quantitative estimate of drug-likeness (QED) is 0.156. The second-order valence-electron chi connectivity index (χ2n) is 13.8. The molecule has 0 aliphatic carbocycles. The standard InChI is InChI=1S/C38H29N2O2.C11H8N.Ir/c1-22(2)29-20-25(24-12-7-6-8-13-24)21-30(23(3)4)34(29)26-15-10-18-32-37(26)42-38(40-32)28-16-9-14-27-35-31(39-5)17-11-19-33(35)41-36(27)28;1-2-6-10(7-3-1)11-8-4-5-9-12-11;/h6-15,17-23H,1-4H3;1-6,8-9H;/q2*-1;. The van der Waals surface area contributed by atoms with Crippen molar-refractivity contribution in [3.63, 3.8) is 0 Å². The molecule has 0 atom stereocenters. The van der Waals surface area contributed by atoms with Gasteiger partial charge in [-0.2, -0.15) is 0 Å². The second-order valence-corrected chi connectivity index (χ2v) is 13.8. The van der Waals surface area contributed by atoms with Gasteiger partial charge in [0.25, 0.3) is 0 Å². The zero-order valence-electron chi connectivity index (χ0n) is 30.9. The fourth-order valence-corrected chi connectivity index (χ4v) is 7.06. The topological polar surface area (TPSA) is 56.4 Å². The van der Waals surface area contributed by atoms with Crippen LogP contribution in [-0.4, -0.2) is 9.97 Å². The molecule has 6 heteroatoms. The molecular formula is C49H37IrN3O2-2. The number of rotatable bonds is 6. The van der Waals surface area contributed by atoms with E-state index in [2.05, 4.69) is 104 Å². The molecule has 0 N–H and O–H groups in total. The van der Waals surface area contributed by atoms with Crippen LogP contribution in [-0.2, 0) is 20.1 Å². The molecule has 6 aromatic carbocycles. The first-order valence-electron chi connectivity index (χ1n) is 18.2. The molecule has 0 aliphatic rings. The van der Waals surface area contributed by atoms with Crippen LogP contribution in [0.3, 0.4) is 0 Å². The van der Waals surface area contributed by atoms with Gasteiger partial charge in [-0.25, -0.2) is 4.85 Å². The van der Waals surface area contributed by atoms with E-state index in [1.807, 2.05) is 78.9 Å². The van der Waals surface area contributed by atoms with Crippen LogP contribution >= 0.6 is 0 Å². The SMILES string of the molecule is [C-]#[N+]c1cccc2oc3c(-c4nc5cccc(-c6c(C(C)C)cc(-c7ccccc7)cc6C(C)C)c5o4)[c-]ccc3c12.[Ir].[c-]1ccccc1-c1ccccn1. The fraction of sp³-hybridized carbons (Fsp3) is 0.122. The van der Waals surface area contributed by atoms with Crippen LogP contribution in [0.1, 0.15) is 50.7 Å². The van der Waals surface area contributed by atoms with Crippen molar-refractivity contribution in [1.82, 2.24) is 9.97 Å². The first-order valence-corrected chi connectivity index (χ1v) is 18.2. The molecule has 0 amide bonds. The Labute approximate surface area is 334 Å². The first-order chi connectivity index (χ1) is 26.4. The van der Waals surface area contributed by atoms with Crippen LogP contribution in [0.2, 0.25) is 0 Å². The Balaban J connectivity index is 0.000000305. The minimum Gasteiger partial charge on any atom is -0.502 e. The van der Waals surface area contributed by atoms with E-state index in [0.29, 0.717) is 40.1 Å². The van der Waals surface area contributed by atoms with Crippen LogP contribution in [0.15, 0.2) is 148 Å². The van der Waals surface area contributed by atoms with Crippen molar-refractivity contribution in [3.05, 3.63) is 174 Å². The summed E-state index contributed by atoms with van der Waals surface area (Å²) in [5, 5.41) is 1.66. The smallest absolute Gasteiger partial charge is 0.197 e. The van der Waals surface area contributed by atoms with Gasteiger partial charge in [0.2, 0.25) is 0 Å². The fourth-order valence-electron chi connectivity index (χ4n) is 7.06. The molecular weight excluding hydrogens is 855 g/mol. The van der Waals surface area contributed by atoms with E-state index in [1.165, 1.54) is 27.8 Å². The number of nitrogens with zero attached hydrogens (tertiary/aromatic N) is 3. The van der Waals surface area contributed by atoms with Crippen molar-refractivity contribution in [2.45, 2.75) is 39.5 Å². The third-order valence-electron chi connectivity index (χ3n) is 9.65. The maximum Gasteiger partial charge on any atom is 0.197 e. The number of benzene rings is 6. The summed E-state index contributed by atoms with van der Waals surface area (Å²) >= 11 is 0. The van der Waals surface area contributed by atoms with Crippen LogP contribution < -0.4 is 0 Å². The number of fused-ring (bicyclic) bond motifs is 4. The van der Waals surface area contributed by atoms with Gasteiger partial charge in [-0.1, -0.05) is 112 Å². The van der Waals surface area contributed by atoms with E-state index in [9.17, 15) is 0 Å². The summed E-state index contributed by atoms with van der Waals surface area (Å²) in [5.41, 5.74) is 13.3. The number of furan rings is 1. The molecule has 9 rings (SSSR count). The van der Waals surface area contributed by atoms with Crippen molar-refractivity contribution in [1.29, 1.82) is 0 Å². The Morgan fingerprint density at radius 1 is 0.673 bits per heavy atom. The van der Waals surface area contributed by atoms with E-state index in [1.54, 1.807) is 6.20 Å². The number of oxazole rings is 1. The largest absolute Gasteiger partial charge is 0.502 e. The summed E-state index contributed by atoms with van der Waals surface area (Å²) in [6.07, 6.45) is 1.79. The van der Waals surface area contributed by atoms with E-state index in [4.69, 9.17) is 20.4 Å². The van der Waals surface area contributed by atoms with E-state index >= 15 is 0 Å². The predicted octanol–water partition coefficient (Wildman–Crippen LogP) is 13.9. The first kappa shape index (κ1) is 37.2. The molecule has 0 unspecified atom stereocenters. The third kappa shape index (κ3) is 7.25. The van der Waals surface area contributed by atoms with Gasteiger partial charge in [0.1, 0.15) is 17.1 Å². The van der Waals surface area contributed by atoms with E-state index in [0.717, 1.165) is 38.7 Å². The molecule has 0 saturated carbocycles. The molecule has 0 aliphatic heterocycles. The Morgan fingerprint density at radius 3 is 2.11 bits per heavy atom. The number of pyridine rings is 1. The predicted molar refractivity (Wildman–Crippen MR) is 219 cm³/mol. The van der Waals surface area contributed by atoms with Crippen LogP contribution in [0.4, 0.5) is 5.69 Å². The molecule has 0 fully saturated rings.